The van der Waals surface area contributed by atoms with Gasteiger partial charge in [-0.15, -0.1) is 10.2 Å². The average Bonchev–Trinajstić information content (AvgIpc) is 3.29. The Morgan fingerprint density at radius 2 is 1.67 bits per heavy atom. The number of hydrogen-bond donors (Lipinski definition) is 1. The summed E-state index contributed by atoms with van der Waals surface area (Å²) >= 11 is 0. The van der Waals surface area contributed by atoms with Gasteiger partial charge in [0.2, 0.25) is 11.8 Å². The summed E-state index contributed by atoms with van der Waals surface area (Å²) in [6.07, 6.45) is 0. The molecule has 0 spiro atoms. The van der Waals surface area contributed by atoms with Gasteiger partial charge in [0.1, 0.15) is 23.4 Å². The first-order valence-electron chi connectivity index (χ1n) is 9.31. The van der Waals surface area contributed by atoms with Crippen molar-refractivity contribution in [2.24, 2.45) is 0 Å². The lowest BCUT2D eigenvalue weighted by molar-refractivity contribution is 0.395. The summed E-state index contributed by atoms with van der Waals surface area (Å²) in [6.45, 7) is 0. The summed E-state index contributed by atoms with van der Waals surface area (Å²) in [5.74, 6) is 1.68. The summed E-state index contributed by atoms with van der Waals surface area (Å²) < 4.78 is 30.2. The molecule has 0 fully saturated rings. The lowest BCUT2D eigenvalue weighted by atomic mass is 10.1. The Morgan fingerprint density at radius 1 is 0.900 bits per heavy atom. The van der Waals surface area contributed by atoms with Crippen LogP contribution in [0.25, 0.3) is 11.5 Å². The minimum Gasteiger partial charge on any atom is -0.497 e. The molecule has 0 amide bonds. The Balaban J connectivity index is 1.73. The second-order valence-electron chi connectivity index (χ2n) is 6.51. The molecular weight excluding hydrogens is 385 g/mol. The third kappa shape index (κ3) is 4.10. The third-order valence-corrected chi connectivity index (χ3v) is 4.62. The lowest BCUT2D eigenvalue weighted by Crippen LogP contribution is -2.13. The number of halogens is 1. The summed E-state index contributed by atoms with van der Waals surface area (Å²) in [5, 5.41) is 11.8. The Labute approximate surface area is 173 Å². The van der Waals surface area contributed by atoms with E-state index in [-0.39, 0.29) is 5.82 Å². The van der Waals surface area contributed by atoms with Gasteiger partial charge >= 0.3 is 0 Å². The zero-order chi connectivity index (χ0) is 20.9. The third-order valence-electron chi connectivity index (χ3n) is 4.62. The van der Waals surface area contributed by atoms with Crippen molar-refractivity contribution in [2.45, 2.75) is 6.04 Å². The highest BCUT2D eigenvalue weighted by Crippen LogP contribution is 2.34. The van der Waals surface area contributed by atoms with Gasteiger partial charge in [0.05, 0.1) is 19.9 Å². The molecule has 0 bridgehead atoms. The van der Waals surface area contributed by atoms with Crippen LogP contribution in [0.4, 0.5) is 10.1 Å². The first-order chi connectivity index (χ1) is 14.7. The highest BCUT2D eigenvalue weighted by Gasteiger charge is 2.23. The van der Waals surface area contributed by atoms with E-state index in [9.17, 15) is 4.39 Å². The molecule has 1 atom stereocenters. The van der Waals surface area contributed by atoms with Crippen LogP contribution in [-0.2, 0) is 0 Å². The minimum absolute atomic E-state index is 0.324. The van der Waals surface area contributed by atoms with Crippen LogP contribution in [0.1, 0.15) is 17.5 Å². The van der Waals surface area contributed by atoms with Crippen LogP contribution in [0.2, 0.25) is 0 Å². The van der Waals surface area contributed by atoms with Crippen LogP contribution in [-0.4, -0.2) is 24.4 Å². The van der Waals surface area contributed by atoms with E-state index in [4.69, 9.17) is 13.9 Å². The van der Waals surface area contributed by atoms with E-state index in [1.54, 1.807) is 32.4 Å². The zero-order valence-electron chi connectivity index (χ0n) is 16.5. The standard InChI is InChI=1S/C23H20FN3O3/c1-28-18-12-13-19(20(14-18)29-2)25-21(15-8-10-17(24)11-9-15)23-27-26-22(30-23)16-6-4-3-5-7-16/h3-14,21,25H,1-2H3/t21-/m0/s1. The van der Waals surface area contributed by atoms with Crippen LogP contribution in [0.15, 0.2) is 77.2 Å². The molecule has 0 aliphatic heterocycles. The van der Waals surface area contributed by atoms with E-state index >= 15 is 0 Å². The van der Waals surface area contributed by atoms with Gasteiger partial charge in [-0.3, -0.25) is 0 Å². The molecule has 6 nitrogen and oxygen atoms in total. The molecule has 30 heavy (non-hydrogen) atoms. The quantitative estimate of drug-likeness (QED) is 0.462. The van der Waals surface area contributed by atoms with Gasteiger partial charge in [0.15, 0.2) is 0 Å². The number of rotatable bonds is 7. The fraction of sp³-hybridized carbons (Fsp3) is 0.130. The molecule has 0 radical (unpaired) electrons. The Morgan fingerprint density at radius 3 is 2.37 bits per heavy atom. The van der Waals surface area contributed by atoms with Gasteiger partial charge in [-0.25, -0.2) is 4.39 Å². The van der Waals surface area contributed by atoms with Crippen LogP contribution >= 0.6 is 0 Å². The average molecular weight is 405 g/mol. The highest BCUT2D eigenvalue weighted by atomic mass is 19.1. The maximum absolute atomic E-state index is 13.5. The number of ether oxygens (including phenoxy) is 2. The molecule has 1 aromatic heterocycles. The number of anilines is 1. The Bertz CT molecular complexity index is 1110. The number of hydrogen-bond acceptors (Lipinski definition) is 6. The van der Waals surface area contributed by atoms with E-state index in [1.165, 1.54) is 12.1 Å². The first-order valence-corrected chi connectivity index (χ1v) is 9.31. The van der Waals surface area contributed by atoms with E-state index in [2.05, 4.69) is 15.5 Å². The number of aromatic nitrogens is 2. The summed E-state index contributed by atoms with van der Waals surface area (Å²) in [5.41, 5.74) is 2.28. The van der Waals surface area contributed by atoms with Crippen molar-refractivity contribution in [1.29, 1.82) is 0 Å². The molecule has 0 unspecified atom stereocenters. The van der Waals surface area contributed by atoms with E-state index in [0.29, 0.717) is 29.0 Å². The molecule has 0 aliphatic carbocycles. The van der Waals surface area contributed by atoms with Gasteiger partial charge in [-0.05, 0) is 42.0 Å². The fourth-order valence-corrected chi connectivity index (χ4v) is 3.06. The molecule has 0 saturated heterocycles. The largest absolute Gasteiger partial charge is 0.497 e. The molecule has 4 aromatic rings. The second kappa shape index (κ2) is 8.65. The van der Waals surface area contributed by atoms with Crippen molar-refractivity contribution < 1.29 is 18.3 Å². The van der Waals surface area contributed by atoms with Crippen molar-refractivity contribution in [3.63, 3.8) is 0 Å². The number of nitrogens with zero attached hydrogens (tertiary/aromatic N) is 2. The number of benzene rings is 3. The molecular formula is C23H20FN3O3. The van der Waals surface area contributed by atoms with E-state index < -0.39 is 6.04 Å². The van der Waals surface area contributed by atoms with Crippen molar-refractivity contribution >= 4 is 5.69 Å². The van der Waals surface area contributed by atoms with Crippen molar-refractivity contribution in [2.75, 3.05) is 19.5 Å². The monoisotopic (exact) mass is 405 g/mol. The second-order valence-corrected chi connectivity index (χ2v) is 6.51. The van der Waals surface area contributed by atoms with Gasteiger partial charge in [0.25, 0.3) is 0 Å². The summed E-state index contributed by atoms with van der Waals surface area (Å²) in [4.78, 5) is 0. The number of methoxy groups -OCH3 is 2. The van der Waals surface area contributed by atoms with Crippen molar-refractivity contribution in [3.8, 4) is 23.0 Å². The first kappa shape index (κ1) is 19.4. The summed E-state index contributed by atoms with van der Waals surface area (Å²) in [7, 11) is 3.17. The van der Waals surface area contributed by atoms with Gasteiger partial charge in [0, 0.05) is 11.6 Å². The smallest absolute Gasteiger partial charge is 0.247 e. The zero-order valence-corrected chi connectivity index (χ0v) is 16.5. The van der Waals surface area contributed by atoms with Crippen LogP contribution in [0.5, 0.6) is 11.5 Å². The SMILES string of the molecule is COc1ccc(N[C@@H](c2ccc(F)cc2)c2nnc(-c3ccccc3)o2)c(OC)c1. The Kier molecular flexibility index (Phi) is 5.61. The maximum atomic E-state index is 13.5. The topological polar surface area (TPSA) is 69.4 Å². The van der Waals surface area contributed by atoms with E-state index in [1.807, 2.05) is 42.5 Å². The summed E-state index contributed by atoms with van der Waals surface area (Å²) in [6, 6.07) is 20.5. The van der Waals surface area contributed by atoms with Crippen molar-refractivity contribution in [3.05, 3.63) is 90.1 Å². The van der Waals surface area contributed by atoms with Crippen LogP contribution in [0.3, 0.4) is 0 Å². The fourth-order valence-electron chi connectivity index (χ4n) is 3.06. The van der Waals surface area contributed by atoms with Gasteiger partial charge < -0.3 is 19.2 Å². The molecule has 7 heteroatoms. The molecule has 0 aliphatic rings. The van der Waals surface area contributed by atoms with E-state index in [0.717, 1.165) is 11.1 Å². The molecule has 4 rings (SSSR count). The number of nitrogens with one attached hydrogen (secondary N) is 1. The highest BCUT2D eigenvalue weighted by molar-refractivity contribution is 5.61. The normalized spacial score (nSPS) is 11.7. The van der Waals surface area contributed by atoms with Crippen LogP contribution < -0.4 is 14.8 Å². The predicted octanol–water partition coefficient (Wildman–Crippen LogP) is 5.09. The molecule has 1 heterocycles. The molecule has 0 saturated carbocycles. The predicted molar refractivity (Wildman–Crippen MR) is 111 cm³/mol. The van der Waals surface area contributed by atoms with Crippen molar-refractivity contribution in [1.82, 2.24) is 10.2 Å². The van der Waals surface area contributed by atoms with Crippen LogP contribution in [0, 0.1) is 5.82 Å². The van der Waals surface area contributed by atoms with Gasteiger partial charge in [-0.2, -0.15) is 0 Å². The molecule has 1 N–H and O–H groups in total. The van der Waals surface area contributed by atoms with Gasteiger partial charge in [-0.1, -0.05) is 30.3 Å². The Hall–Kier alpha value is -3.87. The molecule has 152 valence electrons. The maximum Gasteiger partial charge on any atom is 0.247 e. The lowest BCUT2D eigenvalue weighted by Gasteiger charge is -2.19. The molecule has 3 aromatic carbocycles. The minimum atomic E-state index is -0.516.